The van der Waals surface area contributed by atoms with Crippen LogP contribution in [0.1, 0.15) is 0 Å². The lowest BCUT2D eigenvalue weighted by Crippen LogP contribution is -1.94. The normalized spacial score (nSPS) is 10.9. The van der Waals surface area contributed by atoms with E-state index in [9.17, 15) is 4.39 Å². The second-order valence-electron chi connectivity index (χ2n) is 3.56. The van der Waals surface area contributed by atoms with E-state index < -0.39 is 6.86 Å². The number of hydrogen-bond acceptors (Lipinski definition) is 5. The fourth-order valence-corrected chi connectivity index (χ4v) is 2.52. The molecule has 18 heavy (non-hydrogen) atoms. The third-order valence-corrected chi connectivity index (χ3v) is 3.38. The molecule has 0 aliphatic heterocycles. The van der Waals surface area contributed by atoms with Gasteiger partial charge in [0.2, 0.25) is 12.0 Å². The zero-order chi connectivity index (χ0) is 12.5. The first kappa shape index (κ1) is 11.0. The van der Waals surface area contributed by atoms with Crippen LogP contribution in [0.15, 0.2) is 30.5 Å². The third-order valence-electron chi connectivity index (χ3n) is 2.38. The van der Waals surface area contributed by atoms with Crippen molar-refractivity contribution in [1.82, 2.24) is 14.8 Å². The molecule has 3 aromatic rings. The molecule has 2 heterocycles. The predicted octanol–water partition coefficient (Wildman–Crippen LogP) is 2.37. The first-order chi connectivity index (χ1) is 8.76. The molecule has 0 radical (unpaired) electrons. The highest BCUT2D eigenvalue weighted by Crippen LogP contribution is 2.28. The summed E-state index contributed by atoms with van der Waals surface area (Å²) < 4.78 is 19.4. The zero-order valence-electron chi connectivity index (χ0n) is 9.21. The number of aromatic nitrogens is 3. The minimum absolute atomic E-state index is 0.440. The molecule has 2 N–H and O–H groups in total. The van der Waals surface area contributed by atoms with Crippen LogP contribution >= 0.6 is 11.3 Å². The lowest BCUT2D eigenvalue weighted by Gasteiger charge is -1.98. The summed E-state index contributed by atoms with van der Waals surface area (Å²) in [5.41, 5.74) is 6.37. The summed E-state index contributed by atoms with van der Waals surface area (Å²) in [4.78, 5) is 4.41. The number of nitrogens with two attached hydrogens (primary N) is 1. The Labute approximate surface area is 106 Å². The summed E-state index contributed by atoms with van der Waals surface area (Å²) in [6, 6.07) is 6.92. The maximum absolute atomic E-state index is 12.1. The minimum Gasteiger partial charge on any atom is -0.463 e. The van der Waals surface area contributed by atoms with Gasteiger partial charge in [-0.2, -0.15) is 0 Å². The van der Waals surface area contributed by atoms with E-state index in [0.29, 0.717) is 16.7 Å². The fourth-order valence-electron chi connectivity index (χ4n) is 1.59. The minimum atomic E-state index is -0.840. The lowest BCUT2D eigenvalue weighted by atomic mass is 10.3. The smallest absolute Gasteiger partial charge is 0.228 e. The van der Waals surface area contributed by atoms with Gasteiger partial charge in [0.1, 0.15) is 11.6 Å². The highest BCUT2D eigenvalue weighted by atomic mass is 32.1. The Morgan fingerprint density at radius 2 is 2.28 bits per heavy atom. The number of nitrogen functional groups attached to an aromatic ring is 1. The number of rotatable bonds is 3. The molecule has 0 atom stereocenters. The number of benzene rings is 1. The summed E-state index contributed by atoms with van der Waals surface area (Å²) in [6.45, 7) is -0.840. The molecule has 0 aliphatic rings. The largest absolute Gasteiger partial charge is 0.463 e. The predicted molar refractivity (Wildman–Crippen MR) is 67.8 cm³/mol. The van der Waals surface area contributed by atoms with E-state index in [2.05, 4.69) is 10.1 Å². The molecular formula is C11H9FN4OS. The number of thiazole rings is 1. The molecule has 0 amide bonds. The maximum atomic E-state index is 12.1. The van der Waals surface area contributed by atoms with Crippen LogP contribution in [-0.2, 0) is 0 Å². The molecule has 1 aromatic carbocycles. The van der Waals surface area contributed by atoms with Gasteiger partial charge in [0, 0.05) is 12.3 Å². The Balaban J connectivity index is 2.05. The van der Waals surface area contributed by atoms with E-state index in [-0.39, 0.29) is 0 Å². The van der Waals surface area contributed by atoms with E-state index in [0.717, 1.165) is 10.2 Å². The van der Waals surface area contributed by atoms with Gasteiger partial charge in [0.15, 0.2) is 0 Å². The summed E-state index contributed by atoms with van der Waals surface area (Å²) in [7, 11) is 0. The molecule has 0 bridgehead atoms. The van der Waals surface area contributed by atoms with Crippen LogP contribution in [0.2, 0.25) is 0 Å². The Morgan fingerprint density at radius 3 is 3.00 bits per heavy atom. The Morgan fingerprint density at radius 1 is 1.39 bits per heavy atom. The van der Waals surface area contributed by atoms with Gasteiger partial charge in [-0.15, -0.1) is 5.10 Å². The summed E-state index contributed by atoms with van der Waals surface area (Å²) in [6.07, 6.45) is 1.74. The van der Waals surface area contributed by atoms with Crippen LogP contribution in [0.3, 0.4) is 0 Å². The van der Waals surface area contributed by atoms with E-state index >= 15 is 0 Å². The van der Waals surface area contributed by atoms with Crippen molar-refractivity contribution in [3.8, 4) is 10.9 Å². The number of alkyl halides is 1. The monoisotopic (exact) mass is 263 g/mol. The van der Waals surface area contributed by atoms with Crippen LogP contribution in [0.5, 0.6) is 5.75 Å². The van der Waals surface area contributed by atoms with Gasteiger partial charge in [-0.05, 0) is 18.2 Å². The van der Waals surface area contributed by atoms with E-state index in [1.54, 1.807) is 35.1 Å². The zero-order valence-corrected chi connectivity index (χ0v) is 10.0. The first-order valence-corrected chi connectivity index (χ1v) is 5.99. The van der Waals surface area contributed by atoms with Crippen molar-refractivity contribution in [2.45, 2.75) is 0 Å². The Bertz CT molecular complexity index is 693. The van der Waals surface area contributed by atoms with Gasteiger partial charge >= 0.3 is 0 Å². The third kappa shape index (κ3) is 1.88. The van der Waals surface area contributed by atoms with Crippen molar-refractivity contribution >= 4 is 27.4 Å². The number of halogens is 1. The molecule has 92 valence electrons. The Kier molecular flexibility index (Phi) is 2.60. The molecule has 0 saturated carbocycles. The summed E-state index contributed by atoms with van der Waals surface area (Å²) in [5, 5.41) is 4.79. The standard InChI is InChI=1S/C11H9FN4OS/c12-6-17-7-1-2-8-9(5-7)18-11(14-8)16-4-3-10(13)15-16/h1-5H,6H2,(H2,13,15)/i12-1. The highest BCUT2D eigenvalue weighted by molar-refractivity contribution is 7.20. The van der Waals surface area contributed by atoms with Crippen LogP contribution < -0.4 is 10.5 Å². The number of nitrogens with zero attached hydrogens (tertiary/aromatic N) is 3. The van der Waals surface area contributed by atoms with E-state index in [1.165, 1.54) is 11.3 Å². The first-order valence-electron chi connectivity index (χ1n) is 5.17. The molecule has 5 nitrogen and oxygen atoms in total. The molecule has 2 aromatic heterocycles. The molecule has 0 aliphatic carbocycles. The van der Waals surface area contributed by atoms with Crippen LogP contribution in [0, 0.1) is 0 Å². The van der Waals surface area contributed by atoms with Gasteiger partial charge in [-0.25, -0.2) is 14.1 Å². The summed E-state index contributed by atoms with van der Waals surface area (Å²) >= 11 is 1.44. The van der Waals surface area contributed by atoms with Crippen LogP contribution in [-0.4, -0.2) is 21.6 Å². The van der Waals surface area contributed by atoms with Crippen LogP contribution in [0.4, 0.5) is 10.2 Å². The van der Waals surface area contributed by atoms with Crippen molar-refractivity contribution in [3.63, 3.8) is 0 Å². The topological polar surface area (TPSA) is 66.0 Å². The Hall–Kier alpha value is -2.15. The van der Waals surface area contributed by atoms with Gasteiger partial charge in [-0.3, -0.25) is 0 Å². The molecule has 0 fully saturated rings. The van der Waals surface area contributed by atoms with E-state index in [4.69, 9.17) is 10.5 Å². The molecule has 0 unspecified atom stereocenters. The second kappa shape index (κ2) is 4.26. The SMILES string of the molecule is Nc1ccn(-c2nc3ccc(OC[18F])cc3s2)n1. The van der Waals surface area contributed by atoms with Gasteiger partial charge in [0.05, 0.1) is 10.2 Å². The molecule has 7 heteroatoms. The van der Waals surface area contributed by atoms with Gasteiger partial charge in [-0.1, -0.05) is 11.3 Å². The summed E-state index contributed by atoms with van der Waals surface area (Å²) in [5.74, 6) is 0.927. The number of fused-ring (bicyclic) bond motifs is 1. The average Bonchev–Trinajstić information content (AvgIpc) is 2.94. The van der Waals surface area contributed by atoms with Gasteiger partial charge in [0.25, 0.3) is 0 Å². The lowest BCUT2D eigenvalue weighted by molar-refractivity contribution is 0.192. The second-order valence-corrected chi connectivity index (χ2v) is 4.57. The maximum Gasteiger partial charge on any atom is 0.228 e. The highest BCUT2D eigenvalue weighted by Gasteiger charge is 2.07. The van der Waals surface area contributed by atoms with Crippen molar-refractivity contribution < 1.29 is 9.13 Å². The molecular weight excluding hydrogens is 254 g/mol. The van der Waals surface area contributed by atoms with Crippen molar-refractivity contribution in [2.75, 3.05) is 12.6 Å². The molecule has 0 spiro atoms. The number of anilines is 1. The van der Waals surface area contributed by atoms with Gasteiger partial charge < -0.3 is 10.5 Å². The molecule has 3 rings (SSSR count). The number of ether oxygens (including phenoxy) is 1. The molecule has 0 saturated heterocycles. The average molecular weight is 263 g/mol. The van der Waals surface area contributed by atoms with Crippen molar-refractivity contribution in [3.05, 3.63) is 30.5 Å². The van der Waals surface area contributed by atoms with Crippen LogP contribution in [0.25, 0.3) is 15.3 Å². The van der Waals surface area contributed by atoms with Crippen molar-refractivity contribution in [2.24, 2.45) is 0 Å². The van der Waals surface area contributed by atoms with E-state index in [1.807, 2.05) is 0 Å². The number of hydrogen-bond donors (Lipinski definition) is 1. The fraction of sp³-hybridized carbons (Fsp3) is 0.0909. The van der Waals surface area contributed by atoms with Crippen molar-refractivity contribution in [1.29, 1.82) is 0 Å². The quantitative estimate of drug-likeness (QED) is 0.787.